The predicted molar refractivity (Wildman–Crippen MR) is 191 cm³/mol. The van der Waals surface area contributed by atoms with Crippen LogP contribution in [-0.4, -0.2) is 129 Å². The van der Waals surface area contributed by atoms with Gasteiger partial charge in [-0.2, -0.15) is 0 Å². The van der Waals surface area contributed by atoms with E-state index in [9.17, 15) is 18.0 Å². The minimum Gasteiger partial charge on any atom is -0.340 e. The highest BCUT2D eigenvalue weighted by molar-refractivity contribution is 7.88. The van der Waals surface area contributed by atoms with Gasteiger partial charge in [-0.1, -0.05) is 47.5 Å². The molecule has 4 aliphatic heterocycles. The molecule has 0 unspecified atom stereocenters. The van der Waals surface area contributed by atoms with E-state index in [2.05, 4.69) is 32.1 Å². The molecule has 13 heteroatoms. The van der Waals surface area contributed by atoms with Gasteiger partial charge in [0.1, 0.15) is 0 Å². The monoisotopic (exact) mass is 720 g/mol. The molecule has 4 heterocycles. The number of carbonyl (C=O) groups is 2. The summed E-state index contributed by atoms with van der Waals surface area (Å²) in [4.78, 5) is 34.0. The molecule has 0 spiro atoms. The summed E-state index contributed by atoms with van der Waals surface area (Å²) in [7, 11) is -3.15. The van der Waals surface area contributed by atoms with Crippen molar-refractivity contribution in [1.82, 2.24) is 29.2 Å². The second-order valence-corrected chi connectivity index (χ2v) is 16.3. The van der Waals surface area contributed by atoms with Crippen molar-refractivity contribution in [2.45, 2.75) is 38.8 Å². The zero-order valence-corrected chi connectivity index (χ0v) is 30.4. The quantitative estimate of drug-likeness (QED) is 0.467. The SMILES string of the molecule is CS(=O)(=O)N1CCC(C(=O)N2CCN(Cc3cccc(Cl)c3)CC2)CC1.O=C(C1CCNCC1)N1CCN(Cc2cccc(Cl)c2)CC1. The van der Waals surface area contributed by atoms with Gasteiger partial charge in [-0.3, -0.25) is 19.4 Å². The zero-order chi connectivity index (χ0) is 34.1. The van der Waals surface area contributed by atoms with Crippen LogP contribution in [0.2, 0.25) is 10.0 Å². The molecular weight excluding hydrogens is 671 g/mol. The molecule has 0 aliphatic carbocycles. The lowest BCUT2D eigenvalue weighted by Crippen LogP contribution is -2.51. The van der Waals surface area contributed by atoms with Crippen LogP contribution in [0, 0.1) is 11.8 Å². The van der Waals surface area contributed by atoms with E-state index in [4.69, 9.17) is 23.2 Å². The summed E-state index contributed by atoms with van der Waals surface area (Å²) in [6.45, 7) is 11.4. The van der Waals surface area contributed by atoms with Gasteiger partial charge in [-0.05, 0) is 74.2 Å². The number of piperidine rings is 2. The van der Waals surface area contributed by atoms with Crippen molar-refractivity contribution in [3.63, 3.8) is 0 Å². The van der Waals surface area contributed by atoms with Crippen LogP contribution in [-0.2, 0) is 32.7 Å². The van der Waals surface area contributed by atoms with Crippen molar-refractivity contribution in [2.24, 2.45) is 11.8 Å². The number of piperazine rings is 2. The molecule has 0 radical (unpaired) electrons. The third-order valence-corrected chi connectivity index (χ3v) is 11.7. The average molecular weight is 722 g/mol. The fraction of sp³-hybridized carbons (Fsp3) is 0.600. The number of hydrogen-bond acceptors (Lipinski definition) is 7. The molecule has 4 fully saturated rings. The zero-order valence-electron chi connectivity index (χ0n) is 28.0. The Hall–Kier alpha value is -2.25. The van der Waals surface area contributed by atoms with Gasteiger partial charge in [0.25, 0.3) is 0 Å². The van der Waals surface area contributed by atoms with Gasteiger partial charge in [-0.25, -0.2) is 12.7 Å². The van der Waals surface area contributed by atoms with Crippen LogP contribution in [0.5, 0.6) is 0 Å². The molecule has 0 atom stereocenters. The summed E-state index contributed by atoms with van der Waals surface area (Å²) in [5.41, 5.74) is 2.43. The molecule has 0 aromatic heterocycles. The highest BCUT2D eigenvalue weighted by Crippen LogP contribution is 2.23. The summed E-state index contributed by atoms with van der Waals surface area (Å²) in [6.07, 6.45) is 4.45. The number of nitrogens with one attached hydrogen (secondary N) is 1. The molecular formula is C35H50Cl2N6O4S. The molecule has 4 aliphatic rings. The average Bonchev–Trinajstić information content (AvgIpc) is 3.09. The summed E-state index contributed by atoms with van der Waals surface area (Å²) in [5.74, 6) is 0.734. The lowest BCUT2D eigenvalue weighted by atomic mass is 9.96. The van der Waals surface area contributed by atoms with Crippen LogP contribution in [0.3, 0.4) is 0 Å². The maximum Gasteiger partial charge on any atom is 0.225 e. The van der Waals surface area contributed by atoms with Crippen LogP contribution in [0.4, 0.5) is 0 Å². The standard InChI is InChI=1S/C18H26ClN3O3S.C17H24ClN3O/c1-26(24,25)22-7-5-16(6-8-22)18(23)21-11-9-20(10-12-21)14-15-3-2-4-17(19)13-15;18-16-3-1-2-14(12-16)13-20-8-10-21(11-9-20)17(22)15-4-6-19-7-5-15/h2-4,13,16H,5-12,14H2,1H3;1-3,12,15,19H,4-11,13H2. The molecule has 4 saturated heterocycles. The number of hydrogen-bond donors (Lipinski definition) is 1. The van der Waals surface area contributed by atoms with Gasteiger partial charge in [-0.15, -0.1) is 0 Å². The maximum absolute atomic E-state index is 12.7. The maximum atomic E-state index is 12.7. The van der Waals surface area contributed by atoms with Gasteiger partial charge < -0.3 is 15.1 Å². The highest BCUT2D eigenvalue weighted by atomic mass is 35.5. The first kappa shape index (κ1) is 37.0. The fourth-order valence-corrected chi connectivity index (χ4v) is 8.36. The number of benzene rings is 2. The Morgan fingerprint density at radius 3 is 1.48 bits per heavy atom. The first-order valence-corrected chi connectivity index (χ1v) is 19.8. The summed E-state index contributed by atoms with van der Waals surface area (Å²) in [6, 6.07) is 15.9. The first-order chi connectivity index (χ1) is 23.0. The molecule has 1 N–H and O–H groups in total. The number of carbonyl (C=O) groups excluding carboxylic acids is 2. The van der Waals surface area contributed by atoms with Crippen molar-refractivity contribution in [3.05, 3.63) is 69.7 Å². The second-order valence-electron chi connectivity index (χ2n) is 13.4. The smallest absolute Gasteiger partial charge is 0.225 e. The number of sulfonamides is 1. The summed E-state index contributed by atoms with van der Waals surface area (Å²) < 4.78 is 24.6. The van der Waals surface area contributed by atoms with Crippen molar-refractivity contribution < 1.29 is 18.0 Å². The topological polar surface area (TPSA) is 96.5 Å². The predicted octanol–water partition coefficient (Wildman–Crippen LogP) is 3.64. The number of rotatable bonds is 7. The second kappa shape index (κ2) is 17.6. The van der Waals surface area contributed by atoms with E-state index in [1.54, 1.807) is 0 Å². The Morgan fingerprint density at radius 2 is 1.08 bits per heavy atom. The third kappa shape index (κ3) is 10.9. The highest BCUT2D eigenvalue weighted by Gasteiger charge is 2.33. The van der Waals surface area contributed by atoms with Gasteiger partial charge in [0.2, 0.25) is 21.8 Å². The normalized spacial score (nSPS) is 21.1. The number of nitrogens with zero attached hydrogens (tertiary/aromatic N) is 5. The van der Waals surface area contributed by atoms with E-state index in [0.29, 0.717) is 31.8 Å². The molecule has 2 amide bonds. The van der Waals surface area contributed by atoms with E-state index in [1.807, 2.05) is 41.3 Å². The summed E-state index contributed by atoms with van der Waals surface area (Å²) in [5, 5.41) is 4.86. The Balaban J connectivity index is 0.000000190. The van der Waals surface area contributed by atoms with E-state index in [0.717, 1.165) is 101 Å². The molecule has 48 heavy (non-hydrogen) atoms. The van der Waals surface area contributed by atoms with Crippen molar-refractivity contribution in [1.29, 1.82) is 0 Å². The van der Waals surface area contributed by atoms with Crippen molar-refractivity contribution >= 4 is 45.0 Å². The minimum atomic E-state index is -3.15. The van der Waals surface area contributed by atoms with Gasteiger partial charge in [0, 0.05) is 100 Å². The van der Waals surface area contributed by atoms with E-state index < -0.39 is 10.0 Å². The molecule has 0 saturated carbocycles. The van der Waals surface area contributed by atoms with Gasteiger partial charge >= 0.3 is 0 Å². The lowest BCUT2D eigenvalue weighted by molar-refractivity contribution is -0.139. The molecule has 2 aromatic rings. The third-order valence-electron chi connectivity index (χ3n) is 9.92. The first-order valence-electron chi connectivity index (χ1n) is 17.2. The number of amides is 2. The minimum absolute atomic E-state index is 0.0486. The molecule has 10 nitrogen and oxygen atoms in total. The Labute approximate surface area is 296 Å². The van der Waals surface area contributed by atoms with Crippen molar-refractivity contribution in [2.75, 3.05) is 84.8 Å². The van der Waals surface area contributed by atoms with E-state index >= 15 is 0 Å². The van der Waals surface area contributed by atoms with E-state index in [-0.39, 0.29) is 17.7 Å². The Morgan fingerprint density at radius 1 is 0.667 bits per heavy atom. The fourth-order valence-electron chi connectivity index (χ4n) is 7.06. The van der Waals surface area contributed by atoms with Crippen LogP contribution in [0.25, 0.3) is 0 Å². The largest absolute Gasteiger partial charge is 0.340 e. The van der Waals surface area contributed by atoms with Crippen molar-refractivity contribution in [3.8, 4) is 0 Å². The van der Waals surface area contributed by atoms with E-state index in [1.165, 1.54) is 21.7 Å². The van der Waals surface area contributed by atoms with Crippen LogP contribution >= 0.6 is 23.2 Å². The molecule has 2 aromatic carbocycles. The molecule has 6 rings (SSSR count). The number of halogens is 2. The van der Waals surface area contributed by atoms with Gasteiger partial charge in [0.15, 0.2) is 0 Å². The Bertz CT molecular complexity index is 1470. The van der Waals surface area contributed by atoms with Crippen LogP contribution in [0.1, 0.15) is 36.8 Å². The molecule has 264 valence electrons. The Kier molecular flexibility index (Phi) is 13.6. The van der Waals surface area contributed by atoms with Crippen LogP contribution in [0.15, 0.2) is 48.5 Å². The molecule has 0 bridgehead atoms. The summed E-state index contributed by atoms with van der Waals surface area (Å²) >= 11 is 12.1. The van der Waals surface area contributed by atoms with Crippen LogP contribution < -0.4 is 5.32 Å². The van der Waals surface area contributed by atoms with Gasteiger partial charge in [0.05, 0.1) is 6.26 Å². The lowest BCUT2D eigenvalue weighted by Gasteiger charge is -2.38.